The van der Waals surface area contributed by atoms with Gasteiger partial charge in [0.25, 0.3) is 0 Å². The number of aromatic nitrogens is 2. The van der Waals surface area contributed by atoms with E-state index in [-0.39, 0.29) is 24.3 Å². The first-order chi connectivity index (χ1) is 17.4. The molecule has 10 heteroatoms. The first-order valence-corrected chi connectivity index (χ1v) is 12.2. The SMILES string of the molecule is COCCN(CC(=O)N1CCN(c2ccc(-c3ccc(OC)c(OC)c3)nn2)CC1)C(=O)CC(C)C. The van der Waals surface area contributed by atoms with E-state index in [9.17, 15) is 9.59 Å². The fourth-order valence-corrected chi connectivity index (χ4v) is 4.06. The molecule has 1 aliphatic rings. The molecule has 2 amide bonds. The number of ether oxygens (including phenoxy) is 3. The maximum Gasteiger partial charge on any atom is 0.242 e. The molecule has 3 rings (SSSR count). The summed E-state index contributed by atoms with van der Waals surface area (Å²) in [5, 5.41) is 8.81. The van der Waals surface area contributed by atoms with Crippen LogP contribution in [0.5, 0.6) is 11.5 Å². The first-order valence-electron chi connectivity index (χ1n) is 12.2. The average Bonchev–Trinajstić information content (AvgIpc) is 2.90. The van der Waals surface area contributed by atoms with Crippen LogP contribution in [-0.2, 0) is 14.3 Å². The van der Waals surface area contributed by atoms with E-state index in [1.165, 1.54) is 0 Å². The third kappa shape index (κ3) is 7.07. The molecule has 0 aliphatic carbocycles. The Morgan fingerprint density at radius 1 is 0.972 bits per heavy atom. The van der Waals surface area contributed by atoms with Gasteiger partial charge in [-0.15, -0.1) is 10.2 Å². The maximum absolute atomic E-state index is 12.9. The van der Waals surface area contributed by atoms with Crippen molar-refractivity contribution in [2.24, 2.45) is 5.92 Å². The van der Waals surface area contributed by atoms with Crippen LogP contribution in [0.2, 0.25) is 0 Å². The number of carbonyl (C=O) groups is 2. The molecule has 2 heterocycles. The zero-order valence-corrected chi connectivity index (χ0v) is 21.9. The van der Waals surface area contributed by atoms with Crippen LogP contribution in [-0.4, -0.2) is 99.0 Å². The van der Waals surface area contributed by atoms with Crippen molar-refractivity contribution in [3.05, 3.63) is 30.3 Å². The topological polar surface area (TPSA) is 97.3 Å². The summed E-state index contributed by atoms with van der Waals surface area (Å²) in [6.07, 6.45) is 0.419. The molecule has 1 aliphatic heterocycles. The van der Waals surface area contributed by atoms with Gasteiger partial charge in [0.1, 0.15) is 0 Å². The zero-order chi connectivity index (χ0) is 26.1. The van der Waals surface area contributed by atoms with E-state index in [0.29, 0.717) is 57.3 Å². The molecule has 0 unspecified atom stereocenters. The highest BCUT2D eigenvalue weighted by Crippen LogP contribution is 2.31. The lowest BCUT2D eigenvalue weighted by molar-refractivity contribution is -0.141. The first kappa shape index (κ1) is 27.2. The monoisotopic (exact) mass is 499 g/mol. The molecule has 1 aromatic heterocycles. The van der Waals surface area contributed by atoms with Crippen LogP contribution < -0.4 is 14.4 Å². The predicted octanol–water partition coefficient (Wildman–Crippen LogP) is 2.33. The van der Waals surface area contributed by atoms with Crippen LogP contribution in [0.3, 0.4) is 0 Å². The molecule has 0 saturated carbocycles. The minimum atomic E-state index is -0.0438. The Bertz CT molecular complexity index is 1010. The van der Waals surface area contributed by atoms with Crippen molar-refractivity contribution >= 4 is 17.6 Å². The molecule has 36 heavy (non-hydrogen) atoms. The van der Waals surface area contributed by atoms with Gasteiger partial charge in [0.05, 0.1) is 33.1 Å². The highest BCUT2D eigenvalue weighted by atomic mass is 16.5. The second-order valence-electron chi connectivity index (χ2n) is 9.12. The molecular weight excluding hydrogens is 462 g/mol. The molecule has 0 atom stereocenters. The Morgan fingerprint density at radius 2 is 1.69 bits per heavy atom. The summed E-state index contributed by atoms with van der Waals surface area (Å²) in [5.41, 5.74) is 1.61. The van der Waals surface area contributed by atoms with Gasteiger partial charge in [0.15, 0.2) is 17.3 Å². The summed E-state index contributed by atoms with van der Waals surface area (Å²) in [6.45, 7) is 7.31. The number of carbonyl (C=O) groups excluding carboxylic acids is 2. The standard InChI is InChI=1S/C26H37N5O5/c1-19(2)16-25(32)31(14-15-34-3)18-26(33)30-12-10-29(11-13-30)24-9-7-21(27-28-24)20-6-8-22(35-4)23(17-20)36-5/h6-9,17,19H,10-16,18H2,1-5H3. The van der Waals surface area contributed by atoms with E-state index in [1.807, 2.05) is 49.1 Å². The molecule has 1 fully saturated rings. The molecular formula is C26H37N5O5. The van der Waals surface area contributed by atoms with E-state index in [4.69, 9.17) is 14.2 Å². The minimum absolute atomic E-state index is 0.0149. The Labute approximate surface area is 213 Å². The van der Waals surface area contributed by atoms with Crippen molar-refractivity contribution in [1.29, 1.82) is 0 Å². The maximum atomic E-state index is 12.9. The van der Waals surface area contributed by atoms with Crippen molar-refractivity contribution in [2.45, 2.75) is 20.3 Å². The molecule has 10 nitrogen and oxygen atoms in total. The smallest absolute Gasteiger partial charge is 0.242 e. The highest BCUT2D eigenvalue weighted by Gasteiger charge is 2.25. The lowest BCUT2D eigenvalue weighted by Crippen LogP contribution is -2.52. The van der Waals surface area contributed by atoms with Gasteiger partial charge in [-0.05, 0) is 36.2 Å². The molecule has 1 saturated heterocycles. The second kappa shape index (κ2) is 13.1. The summed E-state index contributed by atoms with van der Waals surface area (Å²) in [5.74, 6) is 2.23. The summed E-state index contributed by atoms with van der Waals surface area (Å²) in [6, 6.07) is 9.49. The normalized spacial score (nSPS) is 13.6. The molecule has 0 radical (unpaired) electrons. The van der Waals surface area contributed by atoms with Gasteiger partial charge < -0.3 is 28.9 Å². The average molecular weight is 500 g/mol. The highest BCUT2D eigenvalue weighted by molar-refractivity contribution is 5.85. The number of anilines is 1. The Hall–Kier alpha value is -3.40. The quantitative estimate of drug-likeness (QED) is 0.465. The Balaban J connectivity index is 1.57. The van der Waals surface area contributed by atoms with Crippen LogP contribution in [0.1, 0.15) is 20.3 Å². The van der Waals surface area contributed by atoms with Gasteiger partial charge in [-0.1, -0.05) is 13.8 Å². The van der Waals surface area contributed by atoms with E-state index in [2.05, 4.69) is 15.1 Å². The number of benzene rings is 1. The Kier molecular flexibility index (Phi) is 9.86. The molecule has 0 bridgehead atoms. The van der Waals surface area contributed by atoms with Crippen LogP contribution in [0.4, 0.5) is 5.82 Å². The Morgan fingerprint density at radius 3 is 2.28 bits per heavy atom. The molecule has 196 valence electrons. The summed E-state index contributed by atoms with van der Waals surface area (Å²) in [4.78, 5) is 31.0. The van der Waals surface area contributed by atoms with Crippen molar-refractivity contribution < 1.29 is 23.8 Å². The number of amides is 2. The van der Waals surface area contributed by atoms with Crippen molar-refractivity contribution in [2.75, 3.05) is 72.1 Å². The largest absolute Gasteiger partial charge is 0.493 e. The predicted molar refractivity (Wildman–Crippen MR) is 137 cm³/mol. The van der Waals surface area contributed by atoms with E-state index >= 15 is 0 Å². The van der Waals surface area contributed by atoms with Gasteiger partial charge in [0.2, 0.25) is 11.8 Å². The number of hydrogen-bond acceptors (Lipinski definition) is 8. The van der Waals surface area contributed by atoms with Crippen molar-refractivity contribution in [1.82, 2.24) is 20.0 Å². The van der Waals surface area contributed by atoms with Crippen LogP contribution >= 0.6 is 0 Å². The van der Waals surface area contributed by atoms with E-state index in [1.54, 1.807) is 26.2 Å². The molecule has 2 aromatic rings. The van der Waals surface area contributed by atoms with Crippen molar-refractivity contribution in [3.8, 4) is 22.8 Å². The zero-order valence-electron chi connectivity index (χ0n) is 21.9. The summed E-state index contributed by atoms with van der Waals surface area (Å²) >= 11 is 0. The second-order valence-corrected chi connectivity index (χ2v) is 9.12. The van der Waals surface area contributed by atoms with Crippen molar-refractivity contribution in [3.63, 3.8) is 0 Å². The van der Waals surface area contributed by atoms with Crippen LogP contribution in [0.15, 0.2) is 30.3 Å². The summed E-state index contributed by atoms with van der Waals surface area (Å²) < 4.78 is 15.8. The minimum Gasteiger partial charge on any atom is -0.493 e. The number of piperazine rings is 1. The lowest BCUT2D eigenvalue weighted by Gasteiger charge is -2.36. The van der Waals surface area contributed by atoms with Gasteiger partial charge >= 0.3 is 0 Å². The number of hydrogen-bond donors (Lipinski definition) is 0. The van der Waals surface area contributed by atoms with Gasteiger partial charge in [-0.3, -0.25) is 9.59 Å². The fraction of sp³-hybridized carbons (Fsp3) is 0.538. The third-order valence-electron chi connectivity index (χ3n) is 6.11. The summed E-state index contributed by atoms with van der Waals surface area (Å²) in [7, 11) is 4.79. The van der Waals surface area contributed by atoms with Gasteiger partial charge in [-0.2, -0.15) is 0 Å². The fourth-order valence-electron chi connectivity index (χ4n) is 4.06. The molecule has 0 N–H and O–H groups in total. The number of methoxy groups -OCH3 is 3. The molecule has 1 aromatic carbocycles. The van der Waals surface area contributed by atoms with Crippen LogP contribution in [0, 0.1) is 5.92 Å². The van der Waals surface area contributed by atoms with E-state index in [0.717, 1.165) is 17.1 Å². The third-order valence-corrected chi connectivity index (χ3v) is 6.11. The molecule has 0 spiro atoms. The number of rotatable bonds is 11. The van der Waals surface area contributed by atoms with Crippen LogP contribution in [0.25, 0.3) is 11.3 Å². The van der Waals surface area contributed by atoms with E-state index < -0.39 is 0 Å². The lowest BCUT2D eigenvalue weighted by atomic mass is 10.1. The number of nitrogens with zero attached hydrogens (tertiary/aromatic N) is 5. The van der Waals surface area contributed by atoms with Gasteiger partial charge in [0, 0.05) is 51.8 Å². The van der Waals surface area contributed by atoms with Gasteiger partial charge in [-0.25, -0.2) is 0 Å².